The number of fused-ring (bicyclic) bond motifs is 1. The number of nitrogens with zero attached hydrogens (tertiary/aromatic N) is 3. The van der Waals surface area contributed by atoms with E-state index in [2.05, 4.69) is 0 Å². The molecule has 2 aromatic carbocycles. The van der Waals surface area contributed by atoms with E-state index < -0.39 is 0 Å². The molecular formula is C21H23N3O2S. The van der Waals surface area contributed by atoms with Gasteiger partial charge in [-0.25, -0.2) is 4.98 Å². The molecular weight excluding hydrogens is 358 g/mol. The Morgan fingerprint density at radius 2 is 1.74 bits per heavy atom. The zero-order valence-electron chi connectivity index (χ0n) is 15.8. The minimum atomic E-state index is -0.118. The lowest BCUT2D eigenvalue weighted by molar-refractivity contribution is -0.127. The largest absolute Gasteiger partial charge is 0.343 e. The van der Waals surface area contributed by atoms with E-state index in [9.17, 15) is 9.59 Å². The summed E-state index contributed by atoms with van der Waals surface area (Å²) in [6.45, 7) is 7.23. The Morgan fingerprint density at radius 3 is 2.44 bits per heavy atom. The number of aryl methyl sites for hydroxylation is 1. The van der Waals surface area contributed by atoms with Crippen molar-refractivity contribution in [3.8, 4) is 5.69 Å². The van der Waals surface area contributed by atoms with Crippen LogP contribution >= 0.6 is 11.8 Å². The smallest absolute Gasteiger partial charge is 0.266 e. The SMILES string of the molecule is CCN(CC)C(=O)CSc1nc2ccccc2c(=O)n1-c1ccccc1C. The van der Waals surface area contributed by atoms with Crippen molar-refractivity contribution in [2.45, 2.75) is 25.9 Å². The first-order valence-corrected chi connectivity index (χ1v) is 10.0. The lowest BCUT2D eigenvalue weighted by Crippen LogP contribution is -2.32. The van der Waals surface area contributed by atoms with Crippen molar-refractivity contribution in [2.24, 2.45) is 0 Å². The molecule has 0 fully saturated rings. The van der Waals surface area contributed by atoms with Gasteiger partial charge in [-0.2, -0.15) is 0 Å². The number of carbonyl (C=O) groups is 1. The molecule has 5 nitrogen and oxygen atoms in total. The third-order valence-electron chi connectivity index (χ3n) is 4.54. The van der Waals surface area contributed by atoms with Gasteiger partial charge in [0.1, 0.15) is 0 Å². The van der Waals surface area contributed by atoms with E-state index in [0.717, 1.165) is 11.3 Å². The molecule has 3 aromatic rings. The monoisotopic (exact) mass is 381 g/mol. The predicted octanol–water partition coefficient (Wildman–Crippen LogP) is 3.65. The van der Waals surface area contributed by atoms with Crippen LogP contribution in [0.15, 0.2) is 58.5 Å². The highest BCUT2D eigenvalue weighted by Gasteiger charge is 2.17. The van der Waals surface area contributed by atoms with Crippen LogP contribution in [0, 0.1) is 6.92 Å². The molecule has 0 saturated heterocycles. The third kappa shape index (κ3) is 3.90. The summed E-state index contributed by atoms with van der Waals surface area (Å²) in [6, 6.07) is 15.0. The third-order valence-corrected chi connectivity index (χ3v) is 5.47. The number of benzene rings is 2. The Morgan fingerprint density at radius 1 is 1.07 bits per heavy atom. The van der Waals surface area contributed by atoms with E-state index in [0.29, 0.717) is 29.1 Å². The fourth-order valence-corrected chi connectivity index (χ4v) is 3.94. The average Bonchev–Trinajstić information content (AvgIpc) is 2.68. The zero-order valence-corrected chi connectivity index (χ0v) is 16.6. The fraction of sp³-hybridized carbons (Fsp3) is 0.286. The van der Waals surface area contributed by atoms with Crippen molar-refractivity contribution < 1.29 is 4.79 Å². The fourth-order valence-electron chi connectivity index (χ4n) is 3.03. The van der Waals surface area contributed by atoms with E-state index in [-0.39, 0.29) is 17.2 Å². The Balaban J connectivity index is 2.10. The van der Waals surface area contributed by atoms with Gasteiger partial charge < -0.3 is 4.90 Å². The number of para-hydroxylation sites is 2. The molecule has 0 atom stereocenters. The molecule has 0 radical (unpaired) electrons. The van der Waals surface area contributed by atoms with Crippen molar-refractivity contribution in [1.82, 2.24) is 14.5 Å². The van der Waals surface area contributed by atoms with Gasteiger partial charge in [0.2, 0.25) is 5.91 Å². The summed E-state index contributed by atoms with van der Waals surface area (Å²) >= 11 is 1.31. The number of rotatable bonds is 6. The summed E-state index contributed by atoms with van der Waals surface area (Å²) in [4.78, 5) is 32.1. The molecule has 0 N–H and O–H groups in total. The number of aromatic nitrogens is 2. The highest BCUT2D eigenvalue weighted by atomic mass is 32.2. The second-order valence-corrected chi connectivity index (χ2v) is 7.14. The normalized spacial score (nSPS) is 10.9. The minimum absolute atomic E-state index is 0.0451. The summed E-state index contributed by atoms with van der Waals surface area (Å²) in [6.07, 6.45) is 0. The Labute approximate surface area is 163 Å². The van der Waals surface area contributed by atoms with Gasteiger partial charge in [-0.05, 0) is 44.5 Å². The van der Waals surface area contributed by atoms with Crippen LogP contribution in [0.3, 0.4) is 0 Å². The second kappa shape index (κ2) is 8.39. The van der Waals surface area contributed by atoms with Crippen LogP contribution in [-0.4, -0.2) is 39.2 Å². The molecule has 1 aromatic heterocycles. The molecule has 0 unspecified atom stereocenters. The van der Waals surface area contributed by atoms with Crippen molar-refractivity contribution in [2.75, 3.05) is 18.8 Å². The van der Waals surface area contributed by atoms with Gasteiger partial charge in [-0.3, -0.25) is 14.2 Å². The lowest BCUT2D eigenvalue weighted by Gasteiger charge is -2.19. The first-order valence-electron chi connectivity index (χ1n) is 9.05. The molecule has 0 aliphatic carbocycles. The number of amides is 1. The maximum absolute atomic E-state index is 13.2. The standard InChI is InChI=1S/C21H23N3O2S/c1-4-23(5-2)19(25)14-27-21-22-17-12-8-7-11-16(17)20(26)24(21)18-13-9-6-10-15(18)3/h6-13H,4-5,14H2,1-3H3. The molecule has 0 bridgehead atoms. The summed E-state index contributed by atoms with van der Waals surface area (Å²) in [7, 11) is 0. The summed E-state index contributed by atoms with van der Waals surface area (Å²) in [5.41, 5.74) is 2.30. The van der Waals surface area contributed by atoms with Crippen LogP contribution in [0.4, 0.5) is 0 Å². The molecule has 6 heteroatoms. The maximum Gasteiger partial charge on any atom is 0.266 e. The quantitative estimate of drug-likeness (QED) is 0.483. The lowest BCUT2D eigenvalue weighted by atomic mass is 10.2. The Kier molecular flexibility index (Phi) is 5.96. The minimum Gasteiger partial charge on any atom is -0.343 e. The molecule has 0 spiro atoms. The first kappa shape index (κ1) is 19.2. The number of hydrogen-bond acceptors (Lipinski definition) is 4. The Bertz CT molecular complexity index is 1030. The van der Waals surface area contributed by atoms with Crippen LogP contribution in [-0.2, 0) is 4.79 Å². The van der Waals surface area contributed by atoms with Gasteiger partial charge in [0, 0.05) is 13.1 Å². The van der Waals surface area contributed by atoms with Crippen LogP contribution in [0.2, 0.25) is 0 Å². The first-order chi connectivity index (χ1) is 13.1. The molecule has 1 amide bonds. The molecule has 1 heterocycles. The van der Waals surface area contributed by atoms with Gasteiger partial charge in [0.05, 0.1) is 22.3 Å². The summed E-state index contributed by atoms with van der Waals surface area (Å²) in [5, 5.41) is 1.11. The van der Waals surface area contributed by atoms with Crippen molar-refractivity contribution >= 4 is 28.6 Å². The van der Waals surface area contributed by atoms with Crippen molar-refractivity contribution in [1.29, 1.82) is 0 Å². The van der Waals surface area contributed by atoms with Crippen LogP contribution in [0.5, 0.6) is 0 Å². The van der Waals surface area contributed by atoms with E-state index in [1.807, 2.05) is 63.2 Å². The van der Waals surface area contributed by atoms with Crippen molar-refractivity contribution in [3.63, 3.8) is 0 Å². The summed E-state index contributed by atoms with van der Waals surface area (Å²) < 4.78 is 1.62. The number of hydrogen-bond donors (Lipinski definition) is 0. The van der Waals surface area contributed by atoms with Crippen LogP contribution in [0.25, 0.3) is 16.6 Å². The topological polar surface area (TPSA) is 55.2 Å². The molecule has 0 aliphatic heterocycles. The van der Waals surface area contributed by atoms with Crippen LogP contribution in [0.1, 0.15) is 19.4 Å². The maximum atomic E-state index is 13.2. The van der Waals surface area contributed by atoms with E-state index in [4.69, 9.17) is 4.98 Å². The Hall–Kier alpha value is -2.60. The highest BCUT2D eigenvalue weighted by molar-refractivity contribution is 7.99. The van der Waals surface area contributed by atoms with Gasteiger partial charge in [-0.1, -0.05) is 42.1 Å². The van der Waals surface area contributed by atoms with E-state index in [1.165, 1.54) is 11.8 Å². The van der Waals surface area contributed by atoms with E-state index >= 15 is 0 Å². The van der Waals surface area contributed by atoms with Gasteiger partial charge >= 0.3 is 0 Å². The predicted molar refractivity (Wildman–Crippen MR) is 111 cm³/mol. The molecule has 0 aliphatic rings. The van der Waals surface area contributed by atoms with Crippen molar-refractivity contribution in [3.05, 3.63) is 64.4 Å². The zero-order chi connectivity index (χ0) is 19.4. The highest BCUT2D eigenvalue weighted by Crippen LogP contribution is 2.23. The second-order valence-electron chi connectivity index (χ2n) is 6.19. The number of thioether (sulfide) groups is 1. The van der Waals surface area contributed by atoms with E-state index in [1.54, 1.807) is 15.5 Å². The average molecular weight is 382 g/mol. The van der Waals surface area contributed by atoms with Gasteiger partial charge in [0.25, 0.3) is 5.56 Å². The molecule has 0 saturated carbocycles. The van der Waals surface area contributed by atoms with Gasteiger partial charge in [-0.15, -0.1) is 0 Å². The molecule has 27 heavy (non-hydrogen) atoms. The van der Waals surface area contributed by atoms with Gasteiger partial charge in [0.15, 0.2) is 5.16 Å². The molecule has 140 valence electrons. The summed E-state index contributed by atoms with van der Waals surface area (Å²) in [5.74, 6) is 0.293. The number of carbonyl (C=O) groups excluding carboxylic acids is 1. The van der Waals surface area contributed by atoms with Crippen LogP contribution < -0.4 is 5.56 Å². The molecule has 3 rings (SSSR count).